The van der Waals surface area contributed by atoms with Gasteiger partial charge in [-0.05, 0) is 51.3 Å². The first kappa shape index (κ1) is 26.5. The van der Waals surface area contributed by atoms with E-state index in [4.69, 9.17) is 25.2 Å². The summed E-state index contributed by atoms with van der Waals surface area (Å²) in [5.41, 5.74) is 6.85. The molecule has 10 nitrogen and oxygen atoms in total. The van der Waals surface area contributed by atoms with Crippen LogP contribution in [-0.4, -0.2) is 87.0 Å². The third-order valence-corrected chi connectivity index (χ3v) is 10.5. The number of pyridine rings is 2. The van der Waals surface area contributed by atoms with Gasteiger partial charge in [0.1, 0.15) is 47.1 Å². The molecular weight excluding hydrogens is 566 g/mol. The fourth-order valence-corrected chi connectivity index (χ4v) is 8.53. The average molecular weight is 601 g/mol. The molecule has 0 aliphatic carbocycles. The van der Waals surface area contributed by atoms with E-state index in [0.29, 0.717) is 53.7 Å². The number of nitrogens with zero attached hydrogens (tertiary/aromatic N) is 6. The molecule has 4 fully saturated rings. The number of aromatic nitrogens is 4. The highest BCUT2D eigenvalue weighted by Gasteiger charge is 2.50. The van der Waals surface area contributed by atoms with Crippen molar-refractivity contribution in [3.05, 3.63) is 36.1 Å². The van der Waals surface area contributed by atoms with Gasteiger partial charge in [0.25, 0.3) is 0 Å². The summed E-state index contributed by atoms with van der Waals surface area (Å²) < 4.78 is 44.3. The zero-order valence-corrected chi connectivity index (χ0v) is 24.5. The maximum atomic E-state index is 16.9. The molecule has 9 rings (SSSR count). The van der Waals surface area contributed by atoms with Gasteiger partial charge in [-0.2, -0.15) is 9.97 Å². The lowest BCUT2D eigenvalue weighted by atomic mass is 9.95. The molecular formula is C32H34F2N8O2. The number of nitrogen functional groups attached to an aromatic ring is 1. The van der Waals surface area contributed by atoms with E-state index < -0.39 is 12.0 Å². The monoisotopic (exact) mass is 600 g/mol. The van der Waals surface area contributed by atoms with Crippen LogP contribution in [0.15, 0.2) is 30.3 Å². The van der Waals surface area contributed by atoms with E-state index in [2.05, 4.69) is 25.1 Å². The van der Waals surface area contributed by atoms with Crippen LogP contribution in [0.1, 0.15) is 39.0 Å². The molecule has 44 heavy (non-hydrogen) atoms. The number of piperazine rings is 1. The van der Waals surface area contributed by atoms with Crippen molar-refractivity contribution in [2.24, 2.45) is 0 Å². The standard InChI is InChI=1S/C32H34F2N8O2/c1-16-28-21-8-7-19(36-21)14-42(28)29-23-27(39-31(40-29)43-15-32-10-3-11-41(32)13-18(33)12-32)24(34)26(38-30(23)44-16)20-5-2-4-17-6-9-22(35)37-25(17)20/h2,4-6,9,16,18-19,21,28,36H,3,7-8,10-15H2,1H3,(H2,35,37)/t16-,18+,19+,21-,28+,32-/m0/s1. The van der Waals surface area contributed by atoms with Crippen LogP contribution in [0.4, 0.5) is 20.4 Å². The summed E-state index contributed by atoms with van der Waals surface area (Å²) in [6.07, 6.45) is 3.21. The van der Waals surface area contributed by atoms with Gasteiger partial charge in [0, 0.05) is 42.5 Å². The number of nitrogens with two attached hydrogens (primary N) is 1. The molecule has 8 heterocycles. The van der Waals surface area contributed by atoms with Crippen LogP contribution >= 0.6 is 0 Å². The zero-order valence-electron chi connectivity index (χ0n) is 24.5. The highest BCUT2D eigenvalue weighted by Crippen LogP contribution is 2.45. The summed E-state index contributed by atoms with van der Waals surface area (Å²) in [6.45, 7) is 4.26. The summed E-state index contributed by atoms with van der Waals surface area (Å²) in [5.74, 6) is 0.582. The fraction of sp³-hybridized carbons (Fsp3) is 0.500. The Labute approximate surface area is 253 Å². The molecule has 0 unspecified atom stereocenters. The largest absolute Gasteiger partial charge is 0.472 e. The van der Waals surface area contributed by atoms with Gasteiger partial charge in [-0.1, -0.05) is 18.2 Å². The molecule has 4 aromatic rings. The smallest absolute Gasteiger partial charge is 0.319 e. The summed E-state index contributed by atoms with van der Waals surface area (Å²) in [7, 11) is 0. The Morgan fingerprint density at radius 2 is 2.02 bits per heavy atom. The molecule has 228 valence electrons. The molecule has 3 aromatic heterocycles. The Morgan fingerprint density at radius 3 is 2.93 bits per heavy atom. The number of hydrogen-bond donors (Lipinski definition) is 2. The molecule has 12 heteroatoms. The van der Waals surface area contributed by atoms with Crippen LogP contribution in [0.25, 0.3) is 33.1 Å². The van der Waals surface area contributed by atoms with Gasteiger partial charge in [-0.3, -0.25) is 4.90 Å². The topological polar surface area (TPSA) is 115 Å². The van der Waals surface area contributed by atoms with Crippen LogP contribution in [0.3, 0.4) is 0 Å². The maximum absolute atomic E-state index is 16.9. The SMILES string of the molecule is C[C@@H]1Oc2nc(-c3cccc4ccc(N)nc34)c(F)c3nc(OC[C@@]45CCCN4C[C@H](F)C5)nc(c23)N2C[C@H]3CC[C@H](N3)[C@@H]12. The van der Waals surface area contributed by atoms with Crippen molar-refractivity contribution in [3.8, 4) is 23.1 Å². The van der Waals surface area contributed by atoms with E-state index in [1.54, 1.807) is 12.1 Å². The molecule has 6 atom stereocenters. The number of rotatable bonds is 4. The molecule has 2 bridgehead atoms. The lowest BCUT2D eigenvalue weighted by Crippen LogP contribution is -2.62. The number of benzene rings is 1. The second kappa shape index (κ2) is 9.55. The van der Waals surface area contributed by atoms with Gasteiger partial charge in [0.2, 0.25) is 5.88 Å². The average Bonchev–Trinajstić information content (AvgIpc) is 3.65. The minimum absolute atomic E-state index is 0.0366. The first-order chi connectivity index (χ1) is 21.4. The van der Waals surface area contributed by atoms with E-state index in [1.807, 2.05) is 25.1 Å². The van der Waals surface area contributed by atoms with E-state index in [0.717, 1.165) is 37.6 Å². The van der Waals surface area contributed by atoms with Crippen LogP contribution in [0.5, 0.6) is 11.9 Å². The molecule has 5 aliphatic rings. The molecule has 5 aliphatic heterocycles. The number of ether oxygens (including phenoxy) is 2. The zero-order chi connectivity index (χ0) is 29.7. The van der Waals surface area contributed by atoms with Crippen molar-refractivity contribution < 1.29 is 18.3 Å². The van der Waals surface area contributed by atoms with Gasteiger partial charge in [-0.25, -0.2) is 18.7 Å². The van der Waals surface area contributed by atoms with E-state index in [-0.39, 0.29) is 53.4 Å². The third-order valence-electron chi connectivity index (χ3n) is 10.5. The van der Waals surface area contributed by atoms with Crippen LogP contribution < -0.4 is 25.4 Å². The minimum Gasteiger partial charge on any atom is -0.472 e. The molecule has 4 saturated heterocycles. The normalized spacial score (nSPS) is 30.8. The van der Waals surface area contributed by atoms with Gasteiger partial charge in [0.15, 0.2) is 5.82 Å². The van der Waals surface area contributed by atoms with Gasteiger partial charge in [-0.15, -0.1) is 0 Å². The highest BCUT2D eigenvalue weighted by atomic mass is 19.1. The first-order valence-corrected chi connectivity index (χ1v) is 15.6. The number of alkyl halides is 1. The molecule has 0 radical (unpaired) electrons. The summed E-state index contributed by atoms with van der Waals surface area (Å²) in [6, 6.07) is 9.65. The Hall–Kier alpha value is -3.90. The van der Waals surface area contributed by atoms with Gasteiger partial charge >= 0.3 is 6.01 Å². The maximum Gasteiger partial charge on any atom is 0.319 e. The van der Waals surface area contributed by atoms with E-state index in [9.17, 15) is 4.39 Å². The fourth-order valence-electron chi connectivity index (χ4n) is 8.53. The molecule has 1 aromatic carbocycles. The van der Waals surface area contributed by atoms with Gasteiger partial charge < -0.3 is 25.4 Å². The Balaban J connectivity index is 1.23. The number of anilines is 2. The highest BCUT2D eigenvalue weighted by molar-refractivity contribution is 6.00. The van der Waals surface area contributed by atoms with Crippen LogP contribution in [-0.2, 0) is 0 Å². The lowest BCUT2D eigenvalue weighted by Gasteiger charge is -2.42. The molecule has 0 saturated carbocycles. The predicted octanol–water partition coefficient (Wildman–Crippen LogP) is 4.01. The van der Waals surface area contributed by atoms with Crippen molar-refractivity contribution in [3.63, 3.8) is 0 Å². The Bertz CT molecular complexity index is 1820. The Morgan fingerprint density at radius 1 is 1.11 bits per heavy atom. The lowest BCUT2D eigenvalue weighted by molar-refractivity contribution is 0.107. The van der Waals surface area contributed by atoms with Crippen molar-refractivity contribution >= 4 is 33.4 Å². The minimum atomic E-state index is -0.881. The van der Waals surface area contributed by atoms with Crippen molar-refractivity contribution in [2.75, 3.05) is 36.9 Å². The third kappa shape index (κ3) is 3.89. The summed E-state index contributed by atoms with van der Waals surface area (Å²) >= 11 is 0. The number of halogens is 2. The summed E-state index contributed by atoms with van der Waals surface area (Å²) in [4.78, 5) is 23.4. The molecule has 0 amide bonds. The van der Waals surface area contributed by atoms with Crippen molar-refractivity contribution in [2.45, 2.75) is 75.0 Å². The molecule has 0 spiro atoms. The van der Waals surface area contributed by atoms with E-state index in [1.165, 1.54) is 0 Å². The number of nitrogens with one attached hydrogen (secondary N) is 1. The van der Waals surface area contributed by atoms with Crippen LogP contribution in [0, 0.1) is 5.82 Å². The number of fused-ring (bicyclic) bond motifs is 7. The first-order valence-electron chi connectivity index (χ1n) is 15.6. The quantitative estimate of drug-likeness (QED) is 0.356. The number of para-hydroxylation sites is 1. The predicted molar refractivity (Wildman–Crippen MR) is 162 cm³/mol. The second-order valence-electron chi connectivity index (χ2n) is 13.1. The van der Waals surface area contributed by atoms with Crippen molar-refractivity contribution in [1.29, 1.82) is 0 Å². The second-order valence-corrected chi connectivity index (χ2v) is 13.1. The van der Waals surface area contributed by atoms with E-state index >= 15 is 4.39 Å². The van der Waals surface area contributed by atoms with Crippen LogP contribution in [0.2, 0.25) is 0 Å². The van der Waals surface area contributed by atoms with Gasteiger partial charge in [0.05, 0.1) is 17.1 Å². The Kier molecular flexibility index (Phi) is 5.75. The molecule has 3 N–H and O–H groups in total. The number of hydrogen-bond acceptors (Lipinski definition) is 10. The summed E-state index contributed by atoms with van der Waals surface area (Å²) in [5, 5.41) is 4.98. The van der Waals surface area contributed by atoms with Crippen molar-refractivity contribution in [1.82, 2.24) is 30.2 Å².